The minimum absolute atomic E-state index is 0.232. The van der Waals surface area contributed by atoms with Crippen molar-refractivity contribution in [3.05, 3.63) is 34.1 Å². The average molecular weight is 186 g/mol. The Hall–Kier alpha value is -0.600. The number of fused-ring (bicyclic) bond motifs is 1. The maximum atomic E-state index is 12.9. The number of rotatable bonds is 0. The molecule has 2 rings (SSSR count). The van der Waals surface area contributed by atoms with Crippen molar-refractivity contribution in [3.8, 4) is 0 Å². The fourth-order valence-corrected chi connectivity index (χ4v) is 1.66. The van der Waals surface area contributed by atoms with E-state index >= 15 is 0 Å². The van der Waals surface area contributed by atoms with E-state index in [0.29, 0.717) is 0 Å². The molecule has 0 fully saturated rings. The molecule has 1 aliphatic rings. The molecule has 3 heteroatoms. The summed E-state index contributed by atoms with van der Waals surface area (Å²) in [6, 6.07) is 3.25. The van der Waals surface area contributed by atoms with Gasteiger partial charge in [-0.15, -0.1) is 0 Å². The van der Waals surface area contributed by atoms with E-state index in [4.69, 9.17) is 11.6 Å². The summed E-state index contributed by atoms with van der Waals surface area (Å²) in [5.41, 5.74) is 2.20. The van der Waals surface area contributed by atoms with Gasteiger partial charge in [0.15, 0.2) is 0 Å². The molecule has 0 spiro atoms. The molecule has 0 bridgehead atoms. The highest BCUT2D eigenvalue weighted by Gasteiger charge is 2.11. The number of halogens is 2. The molecule has 1 aliphatic heterocycles. The van der Waals surface area contributed by atoms with E-state index in [-0.39, 0.29) is 10.8 Å². The number of benzene rings is 1. The fraction of sp³-hybridized carbons (Fsp3) is 0.333. The topological polar surface area (TPSA) is 12.0 Å². The van der Waals surface area contributed by atoms with Gasteiger partial charge in [-0.2, -0.15) is 0 Å². The zero-order valence-corrected chi connectivity index (χ0v) is 7.29. The van der Waals surface area contributed by atoms with Gasteiger partial charge in [-0.05, 0) is 36.2 Å². The maximum Gasteiger partial charge on any atom is 0.142 e. The Balaban J connectivity index is 2.49. The molecule has 0 aromatic heterocycles. The van der Waals surface area contributed by atoms with Crippen LogP contribution in [0.1, 0.15) is 11.1 Å². The lowest BCUT2D eigenvalue weighted by Crippen LogP contribution is -2.23. The molecule has 0 saturated heterocycles. The second-order valence-corrected chi connectivity index (χ2v) is 3.37. The molecule has 64 valence electrons. The molecule has 1 aromatic carbocycles. The van der Waals surface area contributed by atoms with Crippen LogP contribution in [-0.2, 0) is 13.0 Å². The Morgan fingerprint density at radius 3 is 3.00 bits per heavy atom. The van der Waals surface area contributed by atoms with Crippen LogP contribution in [-0.4, -0.2) is 6.54 Å². The highest BCUT2D eigenvalue weighted by atomic mass is 35.5. The Labute approximate surface area is 75.5 Å². The van der Waals surface area contributed by atoms with Crippen molar-refractivity contribution in [2.45, 2.75) is 13.0 Å². The average Bonchev–Trinajstić information content (AvgIpc) is 2.07. The second-order valence-electron chi connectivity index (χ2n) is 2.96. The molecule has 0 aliphatic carbocycles. The summed E-state index contributed by atoms with van der Waals surface area (Å²) in [4.78, 5) is 0. The Morgan fingerprint density at radius 2 is 2.17 bits per heavy atom. The molecule has 0 unspecified atom stereocenters. The van der Waals surface area contributed by atoms with E-state index in [9.17, 15) is 4.39 Å². The molecule has 1 heterocycles. The third-order valence-electron chi connectivity index (χ3n) is 2.13. The summed E-state index contributed by atoms with van der Waals surface area (Å²) in [6.07, 6.45) is 0.940. The van der Waals surface area contributed by atoms with Crippen LogP contribution in [0.2, 0.25) is 5.02 Å². The number of nitrogens with one attached hydrogen (secondary N) is 1. The summed E-state index contributed by atoms with van der Waals surface area (Å²) in [6.45, 7) is 1.71. The lowest BCUT2D eigenvalue weighted by molar-refractivity contribution is 0.604. The molecule has 1 N–H and O–H groups in total. The van der Waals surface area contributed by atoms with Gasteiger partial charge >= 0.3 is 0 Å². The van der Waals surface area contributed by atoms with Crippen molar-refractivity contribution in [1.82, 2.24) is 5.32 Å². The molecular formula is C9H9ClFN. The van der Waals surface area contributed by atoms with Crippen LogP contribution in [0.4, 0.5) is 4.39 Å². The van der Waals surface area contributed by atoms with Crippen LogP contribution in [0.3, 0.4) is 0 Å². The zero-order valence-electron chi connectivity index (χ0n) is 6.53. The standard InChI is InChI=1S/C9H9ClFN/c10-8-3-6-1-2-12-5-7(6)4-9(8)11/h3-4,12H,1-2,5H2. The van der Waals surface area contributed by atoms with E-state index in [1.807, 2.05) is 0 Å². The van der Waals surface area contributed by atoms with Gasteiger partial charge < -0.3 is 5.32 Å². The van der Waals surface area contributed by atoms with Crippen LogP contribution in [0.15, 0.2) is 12.1 Å². The predicted octanol–water partition coefficient (Wildman–Crippen LogP) is 2.12. The first kappa shape index (κ1) is 8.02. The molecule has 1 nitrogen and oxygen atoms in total. The van der Waals surface area contributed by atoms with Crippen molar-refractivity contribution in [2.75, 3.05) is 6.54 Å². The molecule has 12 heavy (non-hydrogen) atoms. The van der Waals surface area contributed by atoms with Gasteiger partial charge in [0, 0.05) is 6.54 Å². The summed E-state index contributed by atoms with van der Waals surface area (Å²) in [7, 11) is 0. The maximum absolute atomic E-state index is 12.9. The summed E-state index contributed by atoms with van der Waals surface area (Å²) in [5, 5.41) is 3.41. The minimum atomic E-state index is -0.320. The summed E-state index contributed by atoms with van der Waals surface area (Å²) < 4.78 is 12.9. The molecule has 0 amide bonds. The first-order valence-electron chi connectivity index (χ1n) is 3.95. The normalized spacial score (nSPS) is 15.8. The molecule has 0 radical (unpaired) electrons. The Bertz CT molecular complexity index is 281. The lowest BCUT2D eigenvalue weighted by Gasteiger charge is -2.16. The summed E-state index contributed by atoms with van der Waals surface area (Å²) >= 11 is 5.65. The molecule has 0 saturated carbocycles. The van der Waals surface area contributed by atoms with Gasteiger partial charge in [0.1, 0.15) is 5.82 Å². The van der Waals surface area contributed by atoms with Crippen LogP contribution < -0.4 is 5.32 Å². The van der Waals surface area contributed by atoms with Crippen molar-refractivity contribution >= 4 is 11.6 Å². The first-order valence-corrected chi connectivity index (χ1v) is 4.32. The van der Waals surface area contributed by atoms with E-state index in [2.05, 4.69) is 5.32 Å². The van der Waals surface area contributed by atoms with E-state index < -0.39 is 0 Å². The van der Waals surface area contributed by atoms with E-state index in [1.165, 1.54) is 11.6 Å². The van der Waals surface area contributed by atoms with Crippen molar-refractivity contribution in [2.24, 2.45) is 0 Å². The third-order valence-corrected chi connectivity index (χ3v) is 2.42. The van der Waals surface area contributed by atoms with Gasteiger partial charge in [0.2, 0.25) is 0 Å². The Kier molecular flexibility index (Phi) is 2.03. The van der Waals surface area contributed by atoms with Crippen molar-refractivity contribution in [1.29, 1.82) is 0 Å². The van der Waals surface area contributed by atoms with Crippen molar-refractivity contribution in [3.63, 3.8) is 0 Å². The minimum Gasteiger partial charge on any atom is -0.312 e. The Morgan fingerprint density at radius 1 is 1.33 bits per heavy atom. The largest absolute Gasteiger partial charge is 0.312 e. The fourth-order valence-electron chi connectivity index (χ4n) is 1.47. The highest BCUT2D eigenvalue weighted by molar-refractivity contribution is 6.30. The summed E-state index contributed by atoms with van der Waals surface area (Å²) in [5.74, 6) is -0.320. The second kappa shape index (κ2) is 3.04. The van der Waals surface area contributed by atoms with Gasteiger partial charge in [0.25, 0.3) is 0 Å². The number of hydrogen-bond donors (Lipinski definition) is 1. The number of hydrogen-bond acceptors (Lipinski definition) is 1. The quantitative estimate of drug-likeness (QED) is 0.653. The lowest BCUT2D eigenvalue weighted by atomic mass is 10.0. The predicted molar refractivity (Wildman–Crippen MR) is 46.8 cm³/mol. The highest BCUT2D eigenvalue weighted by Crippen LogP contribution is 2.22. The molecule has 1 aromatic rings. The van der Waals surface area contributed by atoms with Gasteiger partial charge in [0.05, 0.1) is 5.02 Å². The van der Waals surface area contributed by atoms with Gasteiger partial charge in [-0.1, -0.05) is 11.6 Å². The van der Waals surface area contributed by atoms with E-state index in [0.717, 1.165) is 25.1 Å². The first-order chi connectivity index (χ1) is 5.77. The van der Waals surface area contributed by atoms with Crippen LogP contribution in [0.5, 0.6) is 0 Å². The third kappa shape index (κ3) is 1.32. The monoisotopic (exact) mass is 185 g/mol. The smallest absolute Gasteiger partial charge is 0.142 e. The molecule has 0 atom stereocenters. The van der Waals surface area contributed by atoms with Crippen LogP contribution >= 0.6 is 11.6 Å². The van der Waals surface area contributed by atoms with Gasteiger partial charge in [-0.25, -0.2) is 4.39 Å². The molecular weight excluding hydrogens is 177 g/mol. The SMILES string of the molecule is Fc1cc2c(cc1Cl)CCNC2. The van der Waals surface area contributed by atoms with E-state index in [1.54, 1.807) is 6.07 Å². The van der Waals surface area contributed by atoms with Crippen LogP contribution in [0.25, 0.3) is 0 Å². The zero-order chi connectivity index (χ0) is 8.55. The van der Waals surface area contributed by atoms with Crippen LogP contribution in [0, 0.1) is 5.82 Å². The van der Waals surface area contributed by atoms with Gasteiger partial charge in [-0.3, -0.25) is 0 Å². The van der Waals surface area contributed by atoms with Crippen molar-refractivity contribution < 1.29 is 4.39 Å².